The van der Waals surface area contributed by atoms with Crippen LogP contribution in [0.2, 0.25) is 0 Å². The quantitative estimate of drug-likeness (QED) is 0.220. The Bertz CT molecular complexity index is 791. The SMILES string of the molecule is C=CCCN1C(=O)OC[C@@H]1/C=C/[C@@H](OCc1ccccc1)[C@H](OCCC/C=C\C)C(=O)OC. The molecule has 7 heteroatoms. The summed E-state index contributed by atoms with van der Waals surface area (Å²) in [6.07, 6.45) is 9.69. The molecule has 1 aliphatic rings. The van der Waals surface area contributed by atoms with E-state index < -0.39 is 18.2 Å². The molecule has 0 spiro atoms. The maximum absolute atomic E-state index is 12.6. The zero-order valence-corrected chi connectivity index (χ0v) is 19.6. The minimum atomic E-state index is -0.930. The molecule has 1 amide bonds. The molecule has 3 atom stereocenters. The number of carbonyl (C=O) groups is 2. The molecule has 0 unspecified atom stereocenters. The van der Waals surface area contributed by atoms with Gasteiger partial charge >= 0.3 is 12.1 Å². The summed E-state index contributed by atoms with van der Waals surface area (Å²) in [7, 11) is 1.33. The van der Waals surface area contributed by atoms with Gasteiger partial charge in [0.25, 0.3) is 0 Å². The van der Waals surface area contributed by atoms with Crippen molar-refractivity contribution < 1.29 is 28.5 Å². The van der Waals surface area contributed by atoms with Crippen molar-refractivity contribution in [3.63, 3.8) is 0 Å². The van der Waals surface area contributed by atoms with E-state index in [9.17, 15) is 9.59 Å². The Hall–Kier alpha value is -2.90. The third kappa shape index (κ3) is 8.86. The van der Waals surface area contributed by atoms with Crippen molar-refractivity contribution in [3.8, 4) is 0 Å². The van der Waals surface area contributed by atoms with Crippen LogP contribution in [0.3, 0.4) is 0 Å². The van der Waals surface area contributed by atoms with E-state index >= 15 is 0 Å². The van der Waals surface area contributed by atoms with Gasteiger partial charge in [0.15, 0.2) is 6.10 Å². The Morgan fingerprint density at radius 3 is 2.76 bits per heavy atom. The molecule has 0 saturated carbocycles. The second kappa shape index (κ2) is 15.0. The van der Waals surface area contributed by atoms with E-state index in [2.05, 4.69) is 12.7 Å². The van der Waals surface area contributed by atoms with Crippen molar-refractivity contribution in [1.82, 2.24) is 4.90 Å². The van der Waals surface area contributed by atoms with E-state index in [0.29, 0.717) is 26.2 Å². The molecule has 0 N–H and O–H groups in total. The van der Waals surface area contributed by atoms with Crippen molar-refractivity contribution in [2.75, 3.05) is 26.9 Å². The summed E-state index contributed by atoms with van der Waals surface area (Å²) < 4.78 is 22.2. The van der Waals surface area contributed by atoms with Crippen LogP contribution in [0.1, 0.15) is 31.7 Å². The van der Waals surface area contributed by atoms with E-state index in [1.165, 1.54) is 7.11 Å². The van der Waals surface area contributed by atoms with Gasteiger partial charge in [-0.1, -0.05) is 60.7 Å². The Kier molecular flexibility index (Phi) is 12.0. The molecule has 0 radical (unpaired) electrons. The number of amides is 1. The second-order valence-electron chi connectivity index (χ2n) is 7.59. The van der Waals surface area contributed by atoms with E-state index in [1.54, 1.807) is 17.1 Å². The molecule has 1 aromatic carbocycles. The van der Waals surface area contributed by atoms with Crippen LogP contribution in [-0.2, 0) is 30.3 Å². The fourth-order valence-corrected chi connectivity index (χ4v) is 3.35. The van der Waals surface area contributed by atoms with Gasteiger partial charge < -0.3 is 18.9 Å². The van der Waals surface area contributed by atoms with Crippen molar-refractivity contribution in [2.45, 2.75) is 51.0 Å². The van der Waals surface area contributed by atoms with Gasteiger partial charge in [0, 0.05) is 13.2 Å². The number of allylic oxidation sites excluding steroid dienone is 2. The highest BCUT2D eigenvalue weighted by Crippen LogP contribution is 2.18. The van der Waals surface area contributed by atoms with E-state index in [-0.39, 0.29) is 18.7 Å². The molecule has 2 rings (SSSR count). The normalized spacial score (nSPS) is 17.9. The lowest BCUT2D eigenvalue weighted by Crippen LogP contribution is -2.39. The van der Waals surface area contributed by atoms with Crippen LogP contribution < -0.4 is 0 Å². The van der Waals surface area contributed by atoms with Gasteiger partial charge in [-0.2, -0.15) is 0 Å². The van der Waals surface area contributed by atoms with Crippen LogP contribution in [0.4, 0.5) is 4.79 Å². The first-order valence-corrected chi connectivity index (χ1v) is 11.3. The van der Waals surface area contributed by atoms with Crippen LogP contribution in [-0.4, -0.2) is 62.1 Å². The Morgan fingerprint density at radius 1 is 1.27 bits per heavy atom. The van der Waals surface area contributed by atoms with Crippen LogP contribution >= 0.6 is 0 Å². The van der Waals surface area contributed by atoms with Gasteiger partial charge in [-0.3, -0.25) is 4.90 Å². The summed E-state index contributed by atoms with van der Waals surface area (Å²) in [6.45, 7) is 7.11. The summed E-state index contributed by atoms with van der Waals surface area (Å²) in [6, 6.07) is 9.43. The molecule has 0 aromatic heterocycles. The fourth-order valence-electron chi connectivity index (χ4n) is 3.35. The van der Waals surface area contributed by atoms with Crippen LogP contribution in [0, 0.1) is 0 Å². The number of hydrogen-bond donors (Lipinski definition) is 0. The van der Waals surface area contributed by atoms with Gasteiger partial charge in [-0.15, -0.1) is 6.58 Å². The van der Waals surface area contributed by atoms with E-state index in [4.69, 9.17) is 18.9 Å². The molecule has 1 saturated heterocycles. The lowest BCUT2D eigenvalue weighted by Gasteiger charge is -2.24. The highest BCUT2D eigenvalue weighted by Gasteiger charge is 2.33. The average Bonchev–Trinajstić information content (AvgIpc) is 3.19. The average molecular weight is 458 g/mol. The first-order valence-electron chi connectivity index (χ1n) is 11.3. The lowest BCUT2D eigenvalue weighted by atomic mass is 10.1. The molecule has 1 aliphatic heterocycles. The predicted octanol–water partition coefficient (Wildman–Crippen LogP) is 4.44. The second-order valence-corrected chi connectivity index (χ2v) is 7.59. The summed E-state index contributed by atoms with van der Waals surface area (Å²) >= 11 is 0. The molecular weight excluding hydrogens is 422 g/mol. The summed E-state index contributed by atoms with van der Waals surface area (Å²) in [5, 5.41) is 0. The third-order valence-corrected chi connectivity index (χ3v) is 5.17. The number of rotatable bonds is 15. The highest BCUT2D eigenvalue weighted by molar-refractivity contribution is 5.75. The van der Waals surface area contributed by atoms with Crippen LogP contribution in [0.15, 0.2) is 67.3 Å². The van der Waals surface area contributed by atoms with Gasteiger partial charge in [0.2, 0.25) is 0 Å². The van der Waals surface area contributed by atoms with Crippen LogP contribution in [0.25, 0.3) is 0 Å². The largest absolute Gasteiger partial charge is 0.467 e. The number of carbonyl (C=O) groups excluding carboxylic acids is 2. The molecule has 1 fully saturated rings. The van der Waals surface area contributed by atoms with E-state index in [1.807, 2.05) is 49.4 Å². The number of esters is 1. The highest BCUT2D eigenvalue weighted by atomic mass is 16.6. The van der Waals surface area contributed by atoms with Crippen molar-refractivity contribution in [2.24, 2.45) is 0 Å². The zero-order valence-electron chi connectivity index (χ0n) is 19.6. The van der Waals surface area contributed by atoms with Crippen molar-refractivity contribution >= 4 is 12.1 Å². The Morgan fingerprint density at radius 2 is 2.06 bits per heavy atom. The van der Waals surface area contributed by atoms with Crippen molar-refractivity contribution in [3.05, 3.63) is 72.9 Å². The molecule has 1 aromatic rings. The van der Waals surface area contributed by atoms with E-state index in [0.717, 1.165) is 18.4 Å². The smallest absolute Gasteiger partial charge is 0.410 e. The zero-order chi connectivity index (χ0) is 23.9. The van der Waals surface area contributed by atoms with Gasteiger partial charge in [-0.25, -0.2) is 9.59 Å². The van der Waals surface area contributed by atoms with Crippen molar-refractivity contribution in [1.29, 1.82) is 0 Å². The van der Waals surface area contributed by atoms with Gasteiger partial charge in [0.1, 0.15) is 12.7 Å². The number of hydrogen-bond acceptors (Lipinski definition) is 6. The standard InChI is InChI=1S/C26H35NO6/c1-4-6-8-12-18-31-24(25(28)30-3)23(32-19-21-13-10-9-11-14-21)16-15-22-20-33-26(29)27(22)17-7-5-2/h4-6,9-11,13-16,22-24H,2,7-8,12,17-20H2,1,3H3/b6-4-,16-15+/t22-,23+,24-/m0/s1. The Labute approximate surface area is 196 Å². The van der Waals surface area contributed by atoms with Gasteiger partial charge in [-0.05, 0) is 31.7 Å². The maximum atomic E-state index is 12.6. The molecule has 7 nitrogen and oxygen atoms in total. The molecule has 0 aliphatic carbocycles. The minimum Gasteiger partial charge on any atom is -0.467 e. The number of cyclic esters (lactones) is 1. The topological polar surface area (TPSA) is 74.3 Å². The number of methoxy groups -OCH3 is 1. The number of unbranched alkanes of at least 4 members (excludes halogenated alkanes) is 1. The fraction of sp³-hybridized carbons (Fsp3) is 0.462. The maximum Gasteiger partial charge on any atom is 0.410 e. The lowest BCUT2D eigenvalue weighted by molar-refractivity contribution is -0.163. The first kappa shape index (κ1) is 26.4. The minimum absolute atomic E-state index is 0.241. The molecular formula is C26H35NO6. The molecule has 180 valence electrons. The molecule has 33 heavy (non-hydrogen) atoms. The molecule has 1 heterocycles. The third-order valence-electron chi connectivity index (χ3n) is 5.17. The summed E-state index contributed by atoms with van der Waals surface area (Å²) in [5.41, 5.74) is 0.972. The monoisotopic (exact) mass is 457 g/mol. The number of ether oxygens (including phenoxy) is 4. The van der Waals surface area contributed by atoms with Gasteiger partial charge in [0.05, 0.1) is 19.8 Å². The van der Waals surface area contributed by atoms with Crippen LogP contribution in [0.5, 0.6) is 0 Å². The number of benzene rings is 1. The Balaban J connectivity index is 2.16. The number of nitrogens with zero attached hydrogens (tertiary/aromatic N) is 1. The predicted molar refractivity (Wildman–Crippen MR) is 127 cm³/mol. The first-order chi connectivity index (χ1) is 16.1. The summed E-state index contributed by atoms with van der Waals surface area (Å²) in [4.78, 5) is 26.3. The summed E-state index contributed by atoms with van der Waals surface area (Å²) in [5.74, 6) is -0.508. The molecule has 0 bridgehead atoms.